The van der Waals surface area contributed by atoms with Crippen LogP contribution in [0.3, 0.4) is 0 Å². The molecule has 2 rings (SSSR count). The minimum Gasteiger partial charge on any atom is -0.346 e. The molecule has 6 heteroatoms. The summed E-state index contributed by atoms with van der Waals surface area (Å²) in [6, 6.07) is -0.00194. The van der Waals surface area contributed by atoms with E-state index in [1.165, 1.54) is 4.88 Å². The number of thiazole rings is 1. The lowest BCUT2D eigenvalue weighted by molar-refractivity contribution is -0.122. The molecule has 20 heavy (non-hydrogen) atoms. The van der Waals surface area contributed by atoms with Crippen LogP contribution in [-0.4, -0.2) is 48.5 Å². The second-order valence-corrected chi connectivity index (χ2v) is 6.33. The van der Waals surface area contributed by atoms with E-state index in [1.807, 2.05) is 13.1 Å². The highest BCUT2D eigenvalue weighted by Crippen LogP contribution is 2.20. The summed E-state index contributed by atoms with van der Waals surface area (Å²) in [5, 5.41) is 7.39. The largest absolute Gasteiger partial charge is 0.346 e. The number of hydrogen-bond donors (Lipinski definition) is 2. The van der Waals surface area contributed by atoms with Crippen molar-refractivity contribution in [2.75, 3.05) is 32.7 Å². The van der Waals surface area contributed by atoms with Crippen LogP contribution in [0.1, 0.15) is 36.2 Å². The summed E-state index contributed by atoms with van der Waals surface area (Å²) in [6.07, 6.45) is 4.01. The molecular weight excluding hydrogens is 272 g/mol. The average Bonchev–Trinajstić information content (AvgIpc) is 2.78. The monoisotopic (exact) mass is 296 g/mol. The third-order valence-corrected chi connectivity index (χ3v) is 4.79. The van der Waals surface area contributed by atoms with Gasteiger partial charge in [0.1, 0.15) is 5.01 Å². The second-order valence-electron chi connectivity index (χ2n) is 5.19. The standard InChI is InChI=1S/C14H24N4OS/c1-3-12-9-16-14(20-12)11(2)17-13(19)10-18-7-4-5-15-6-8-18/h9,11,15H,3-8,10H2,1-2H3,(H,17,19). The molecule has 0 aliphatic carbocycles. The average molecular weight is 296 g/mol. The van der Waals surface area contributed by atoms with E-state index in [-0.39, 0.29) is 11.9 Å². The van der Waals surface area contributed by atoms with Crippen molar-refractivity contribution >= 4 is 17.2 Å². The Morgan fingerprint density at radius 3 is 3.15 bits per heavy atom. The molecule has 0 spiro atoms. The van der Waals surface area contributed by atoms with Gasteiger partial charge in [-0.05, 0) is 32.9 Å². The maximum absolute atomic E-state index is 12.1. The van der Waals surface area contributed by atoms with Crippen LogP contribution in [-0.2, 0) is 11.2 Å². The molecule has 0 bridgehead atoms. The number of carbonyl (C=O) groups excluding carboxylic acids is 1. The van der Waals surface area contributed by atoms with Crippen molar-refractivity contribution < 1.29 is 4.79 Å². The number of aryl methyl sites for hydroxylation is 1. The molecule has 1 aliphatic heterocycles. The summed E-state index contributed by atoms with van der Waals surface area (Å²) in [5.74, 6) is 0.0904. The zero-order chi connectivity index (χ0) is 14.4. The Morgan fingerprint density at radius 2 is 2.40 bits per heavy atom. The lowest BCUT2D eigenvalue weighted by atomic mass is 10.3. The van der Waals surface area contributed by atoms with Crippen LogP contribution >= 0.6 is 11.3 Å². The Morgan fingerprint density at radius 1 is 1.55 bits per heavy atom. The predicted octanol–water partition coefficient (Wildman–Crippen LogP) is 1.18. The van der Waals surface area contributed by atoms with Gasteiger partial charge in [-0.1, -0.05) is 6.92 Å². The molecule has 0 radical (unpaired) electrons. The van der Waals surface area contributed by atoms with Gasteiger partial charge in [-0.3, -0.25) is 9.69 Å². The van der Waals surface area contributed by atoms with Gasteiger partial charge in [0.25, 0.3) is 0 Å². The van der Waals surface area contributed by atoms with Crippen molar-refractivity contribution in [3.8, 4) is 0 Å². The molecule has 1 fully saturated rings. The van der Waals surface area contributed by atoms with E-state index in [0.29, 0.717) is 6.54 Å². The summed E-state index contributed by atoms with van der Waals surface area (Å²) < 4.78 is 0. The van der Waals surface area contributed by atoms with E-state index in [2.05, 4.69) is 27.4 Å². The topological polar surface area (TPSA) is 57.3 Å². The number of nitrogens with one attached hydrogen (secondary N) is 2. The Kier molecular flexibility index (Phi) is 5.94. The molecule has 112 valence electrons. The van der Waals surface area contributed by atoms with E-state index in [1.54, 1.807) is 11.3 Å². The van der Waals surface area contributed by atoms with Gasteiger partial charge in [0.2, 0.25) is 5.91 Å². The predicted molar refractivity (Wildman–Crippen MR) is 82.0 cm³/mol. The highest BCUT2D eigenvalue weighted by molar-refractivity contribution is 7.11. The number of carbonyl (C=O) groups is 1. The summed E-state index contributed by atoms with van der Waals surface area (Å²) >= 11 is 1.68. The molecule has 1 aromatic rings. The van der Waals surface area contributed by atoms with Crippen LogP contribution in [0.5, 0.6) is 0 Å². The molecule has 1 atom stereocenters. The van der Waals surface area contributed by atoms with Crippen molar-refractivity contribution in [3.05, 3.63) is 16.1 Å². The number of rotatable bonds is 5. The fourth-order valence-corrected chi connectivity index (χ4v) is 3.16. The molecule has 0 saturated carbocycles. The number of nitrogens with zero attached hydrogens (tertiary/aromatic N) is 2. The van der Waals surface area contributed by atoms with Gasteiger partial charge in [0, 0.05) is 24.2 Å². The van der Waals surface area contributed by atoms with Crippen molar-refractivity contribution in [3.63, 3.8) is 0 Å². The van der Waals surface area contributed by atoms with Crippen LogP contribution in [0.15, 0.2) is 6.20 Å². The summed E-state index contributed by atoms with van der Waals surface area (Å²) in [5.41, 5.74) is 0. The molecule has 1 aliphatic rings. The van der Waals surface area contributed by atoms with Crippen molar-refractivity contribution in [2.24, 2.45) is 0 Å². The normalized spacial score (nSPS) is 18.5. The third kappa shape index (κ3) is 4.54. The van der Waals surface area contributed by atoms with Gasteiger partial charge < -0.3 is 10.6 Å². The smallest absolute Gasteiger partial charge is 0.234 e. The highest BCUT2D eigenvalue weighted by atomic mass is 32.1. The SMILES string of the molecule is CCc1cnc(C(C)NC(=O)CN2CCCNCC2)s1. The van der Waals surface area contributed by atoms with Gasteiger partial charge in [0.05, 0.1) is 12.6 Å². The summed E-state index contributed by atoms with van der Waals surface area (Å²) in [7, 11) is 0. The molecule has 1 saturated heterocycles. The van der Waals surface area contributed by atoms with E-state index in [0.717, 1.165) is 44.0 Å². The lowest BCUT2D eigenvalue weighted by Crippen LogP contribution is -2.39. The van der Waals surface area contributed by atoms with E-state index in [9.17, 15) is 4.79 Å². The van der Waals surface area contributed by atoms with Crippen molar-refractivity contribution in [1.82, 2.24) is 20.5 Å². The van der Waals surface area contributed by atoms with E-state index in [4.69, 9.17) is 0 Å². The van der Waals surface area contributed by atoms with E-state index >= 15 is 0 Å². The van der Waals surface area contributed by atoms with Gasteiger partial charge in [0.15, 0.2) is 0 Å². The molecule has 5 nitrogen and oxygen atoms in total. The first-order valence-electron chi connectivity index (χ1n) is 7.36. The Balaban J connectivity index is 1.80. The molecule has 0 aromatic carbocycles. The second kappa shape index (κ2) is 7.71. The summed E-state index contributed by atoms with van der Waals surface area (Å²) in [6.45, 7) is 8.56. The van der Waals surface area contributed by atoms with Crippen LogP contribution in [0.4, 0.5) is 0 Å². The molecular formula is C14H24N4OS. The molecule has 2 heterocycles. The summed E-state index contributed by atoms with van der Waals surface area (Å²) in [4.78, 5) is 19.9. The van der Waals surface area contributed by atoms with Crippen molar-refractivity contribution in [2.45, 2.75) is 32.7 Å². The minimum atomic E-state index is -0.00194. The zero-order valence-corrected chi connectivity index (χ0v) is 13.1. The fourth-order valence-electron chi connectivity index (χ4n) is 2.30. The van der Waals surface area contributed by atoms with Crippen LogP contribution in [0.2, 0.25) is 0 Å². The molecule has 1 amide bonds. The first-order valence-corrected chi connectivity index (χ1v) is 8.17. The first kappa shape index (κ1) is 15.4. The van der Waals surface area contributed by atoms with Crippen LogP contribution in [0.25, 0.3) is 0 Å². The maximum Gasteiger partial charge on any atom is 0.234 e. The minimum absolute atomic E-state index is 0.00194. The third-order valence-electron chi connectivity index (χ3n) is 3.47. The molecule has 1 unspecified atom stereocenters. The van der Waals surface area contributed by atoms with Crippen LogP contribution in [0, 0.1) is 0 Å². The van der Waals surface area contributed by atoms with Gasteiger partial charge in [-0.2, -0.15) is 0 Å². The van der Waals surface area contributed by atoms with E-state index < -0.39 is 0 Å². The number of hydrogen-bond acceptors (Lipinski definition) is 5. The van der Waals surface area contributed by atoms with Gasteiger partial charge >= 0.3 is 0 Å². The number of amides is 1. The fraction of sp³-hybridized carbons (Fsp3) is 0.714. The van der Waals surface area contributed by atoms with Gasteiger partial charge in [-0.15, -0.1) is 11.3 Å². The Hall–Kier alpha value is -0.980. The van der Waals surface area contributed by atoms with Gasteiger partial charge in [-0.25, -0.2) is 4.98 Å². The Bertz CT molecular complexity index is 427. The van der Waals surface area contributed by atoms with Crippen LogP contribution < -0.4 is 10.6 Å². The highest BCUT2D eigenvalue weighted by Gasteiger charge is 2.16. The number of aromatic nitrogens is 1. The Labute approximate surface area is 124 Å². The molecule has 1 aromatic heterocycles. The maximum atomic E-state index is 12.1. The van der Waals surface area contributed by atoms with Crippen molar-refractivity contribution in [1.29, 1.82) is 0 Å². The lowest BCUT2D eigenvalue weighted by Gasteiger charge is -2.20. The zero-order valence-electron chi connectivity index (χ0n) is 12.3. The molecule has 2 N–H and O–H groups in total. The first-order chi connectivity index (χ1) is 9.69. The quantitative estimate of drug-likeness (QED) is 0.856.